The average Bonchev–Trinajstić information content (AvgIpc) is 2.38. The monoisotopic (exact) mass is 273 g/mol. The molecule has 0 aliphatic rings. The van der Waals surface area contributed by atoms with Gasteiger partial charge in [0.15, 0.2) is 11.6 Å². The zero-order valence-electron chi connectivity index (χ0n) is 11.0. The van der Waals surface area contributed by atoms with Gasteiger partial charge in [-0.3, -0.25) is 4.21 Å². The quantitative estimate of drug-likeness (QED) is 0.828. The Morgan fingerprint density at radius 3 is 2.78 bits per heavy atom. The fourth-order valence-corrected chi connectivity index (χ4v) is 2.24. The van der Waals surface area contributed by atoms with Crippen LogP contribution in [0.25, 0.3) is 0 Å². The van der Waals surface area contributed by atoms with Crippen molar-refractivity contribution >= 4 is 10.8 Å². The Balaban J connectivity index is 2.53. The van der Waals surface area contributed by atoms with Gasteiger partial charge < -0.3 is 10.1 Å². The lowest BCUT2D eigenvalue weighted by Gasteiger charge is -2.14. The van der Waals surface area contributed by atoms with Crippen LogP contribution in [0.15, 0.2) is 18.2 Å². The molecule has 2 unspecified atom stereocenters. The van der Waals surface area contributed by atoms with Gasteiger partial charge >= 0.3 is 0 Å². The summed E-state index contributed by atoms with van der Waals surface area (Å²) in [6, 6.07) is 4.94. The maximum atomic E-state index is 13.5. The van der Waals surface area contributed by atoms with Crippen LogP contribution in [0.5, 0.6) is 5.75 Å². The summed E-state index contributed by atoms with van der Waals surface area (Å²) < 4.78 is 29.6. The van der Waals surface area contributed by atoms with Gasteiger partial charge in [0.1, 0.15) is 0 Å². The lowest BCUT2D eigenvalue weighted by Crippen LogP contribution is -2.24. The van der Waals surface area contributed by atoms with Crippen molar-refractivity contribution < 1.29 is 13.3 Å². The summed E-state index contributed by atoms with van der Waals surface area (Å²) in [6.07, 6.45) is 0. The van der Waals surface area contributed by atoms with Gasteiger partial charge in [0, 0.05) is 34.9 Å². The molecule has 1 aromatic rings. The van der Waals surface area contributed by atoms with Crippen molar-refractivity contribution in [3.8, 4) is 5.75 Å². The second-order valence-electron chi connectivity index (χ2n) is 4.00. The molecule has 18 heavy (non-hydrogen) atoms. The van der Waals surface area contributed by atoms with Gasteiger partial charge in [-0.2, -0.15) is 0 Å². The number of methoxy groups -OCH3 is 1. The zero-order chi connectivity index (χ0) is 13.5. The van der Waals surface area contributed by atoms with E-state index < -0.39 is 10.8 Å². The van der Waals surface area contributed by atoms with Crippen molar-refractivity contribution in [1.82, 2.24) is 5.32 Å². The molecule has 0 aliphatic carbocycles. The van der Waals surface area contributed by atoms with Crippen LogP contribution in [0.3, 0.4) is 0 Å². The average molecular weight is 273 g/mol. The van der Waals surface area contributed by atoms with Crippen LogP contribution < -0.4 is 10.1 Å². The highest BCUT2D eigenvalue weighted by molar-refractivity contribution is 7.84. The third-order valence-electron chi connectivity index (χ3n) is 2.78. The first-order valence-electron chi connectivity index (χ1n) is 6.00. The Morgan fingerprint density at radius 1 is 1.50 bits per heavy atom. The van der Waals surface area contributed by atoms with Crippen molar-refractivity contribution in [3.63, 3.8) is 0 Å². The van der Waals surface area contributed by atoms with Gasteiger partial charge in [-0.05, 0) is 24.6 Å². The third kappa shape index (κ3) is 4.38. The van der Waals surface area contributed by atoms with Crippen LogP contribution >= 0.6 is 0 Å². The van der Waals surface area contributed by atoms with Crippen molar-refractivity contribution in [3.05, 3.63) is 29.6 Å². The maximum absolute atomic E-state index is 13.5. The van der Waals surface area contributed by atoms with E-state index >= 15 is 0 Å². The lowest BCUT2D eigenvalue weighted by atomic mass is 10.1. The van der Waals surface area contributed by atoms with Gasteiger partial charge in [0.05, 0.1) is 7.11 Å². The summed E-state index contributed by atoms with van der Waals surface area (Å²) in [5.74, 6) is 1.19. The first-order valence-corrected chi connectivity index (χ1v) is 7.49. The minimum Gasteiger partial charge on any atom is -0.494 e. The lowest BCUT2D eigenvalue weighted by molar-refractivity contribution is 0.385. The Hall–Kier alpha value is -0.940. The second kappa shape index (κ2) is 7.48. The molecule has 0 aromatic heterocycles. The van der Waals surface area contributed by atoms with Gasteiger partial charge in [-0.1, -0.05) is 13.0 Å². The van der Waals surface area contributed by atoms with Crippen LogP contribution in [-0.4, -0.2) is 29.4 Å². The van der Waals surface area contributed by atoms with Crippen molar-refractivity contribution in [1.29, 1.82) is 0 Å². The van der Waals surface area contributed by atoms with Gasteiger partial charge in [-0.15, -0.1) is 0 Å². The predicted molar refractivity (Wildman–Crippen MR) is 72.9 cm³/mol. The van der Waals surface area contributed by atoms with E-state index in [1.165, 1.54) is 13.2 Å². The van der Waals surface area contributed by atoms with E-state index in [0.717, 1.165) is 5.56 Å². The normalized spacial score (nSPS) is 14.2. The molecular formula is C13H20FNO2S. The molecule has 0 saturated carbocycles. The SMILES string of the molecule is CCS(=O)CCNC(C)c1ccc(OC)c(F)c1. The fourth-order valence-electron chi connectivity index (χ4n) is 1.60. The zero-order valence-corrected chi connectivity index (χ0v) is 11.8. The highest BCUT2D eigenvalue weighted by atomic mass is 32.2. The van der Waals surface area contributed by atoms with Gasteiger partial charge in [0.2, 0.25) is 0 Å². The summed E-state index contributed by atoms with van der Waals surface area (Å²) in [7, 11) is 0.678. The standard InChI is InChI=1S/C13H20FNO2S/c1-4-18(16)8-7-15-10(2)11-5-6-13(17-3)12(14)9-11/h5-6,9-10,15H,4,7-8H2,1-3H3. The van der Waals surface area contributed by atoms with Gasteiger partial charge in [-0.25, -0.2) is 4.39 Å². The van der Waals surface area contributed by atoms with E-state index in [9.17, 15) is 8.60 Å². The van der Waals surface area contributed by atoms with E-state index in [1.54, 1.807) is 6.07 Å². The molecule has 2 atom stereocenters. The van der Waals surface area contributed by atoms with E-state index in [0.29, 0.717) is 18.1 Å². The van der Waals surface area contributed by atoms with Crippen LogP contribution in [0.2, 0.25) is 0 Å². The highest BCUT2D eigenvalue weighted by Gasteiger charge is 2.09. The van der Waals surface area contributed by atoms with E-state index in [1.807, 2.05) is 19.9 Å². The topological polar surface area (TPSA) is 38.3 Å². The van der Waals surface area contributed by atoms with Crippen molar-refractivity contribution in [2.24, 2.45) is 0 Å². The summed E-state index contributed by atoms with van der Waals surface area (Å²) >= 11 is 0. The highest BCUT2D eigenvalue weighted by Crippen LogP contribution is 2.21. The Kier molecular flexibility index (Phi) is 6.29. The minimum absolute atomic E-state index is 0.0271. The molecule has 0 bridgehead atoms. The van der Waals surface area contributed by atoms with E-state index in [-0.39, 0.29) is 17.6 Å². The van der Waals surface area contributed by atoms with Gasteiger partial charge in [0.25, 0.3) is 0 Å². The molecule has 1 aromatic carbocycles. The summed E-state index contributed by atoms with van der Waals surface area (Å²) in [6.45, 7) is 4.52. The van der Waals surface area contributed by atoms with E-state index in [2.05, 4.69) is 5.32 Å². The minimum atomic E-state index is -0.766. The molecule has 0 fully saturated rings. The Morgan fingerprint density at radius 2 is 2.22 bits per heavy atom. The predicted octanol–water partition coefficient (Wildman–Crippen LogP) is 2.25. The molecule has 0 aliphatic heterocycles. The largest absolute Gasteiger partial charge is 0.494 e. The molecule has 102 valence electrons. The molecule has 3 nitrogen and oxygen atoms in total. The van der Waals surface area contributed by atoms with Crippen LogP contribution in [0, 0.1) is 5.82 Å². The Bertz CT molecular complexity index is 412. The summed E-state index contributed by atoms with van der Waals surface area (Å²) in [5, 5.41) is 3.23. The first kappa shape index (κ1) is 15.1. The molecule has 0 spiro atoms. The molecule has 0 amide bonds. The number of hydrogen-bond donors (Lipinski definition) is 1. The molecule has 0 radical (unpaired) electrons. The van der Waals surface area contributed by atoms with Crippen LogP contribution in [-0.2, 0) is 10.8 Å². The number of rotatable bonds is 7. The second-order valence-corrected chi connectivity index (χ2v) is 5.87. The third-order valence-corrected chi connectivity index (χ3v) is 4.08. The number of benzene rings is 1. The summed E-state index contributed by atoms with van der Waals surface area (Å²) in [5.41, 5.74) is 0.857. The summed E-state index contributed by atoms with van der Waals surface area (Å²) in [4.78, 5) is 0. The van der Waals surface area contributed by atoms with Crippen molar-refractivity contribution in [2.75, 3.05) is 25.2 Å². The number of ether oxygens (including phenoxy) is 1. The molecule has 0 heterocycles. The molecule has 1 rings (SSSR count). The molecule has 5 heteroatoms. The number of halogens is 1. The maximum Gasteiger partial charge on any atom is 0.165 e. The smallest absolute Gasteiger partial charge is 0.165 e. The molecule has 1 N–H and O–H groups in total. The van der Waals surface area contributed by atoms with Crippen LogP contribution in [0.1, 0.15) is 25.5 Å². The Labute approximate surface area is 110 Å². The number of nitrogens with one attached hydrogen (secondary N) is 1. The first-order chi connectivity index (χ1) is 8.58. The number of hydrogen-bond acceptors (Lipinski definition) is 3. The fraction of sp³-hybridized carbons (Fsp3) is 0.538. The van der Waals surface area contributed by atoms with E-state index in [4.69, 9.17) is 4.74 Å². The van der Waals surface area contributed by atoms with Crippen LogP contribution in [0.4, 0.5) is 4.39 Å². The van der Waals surface area contributed by atoms with Crippen molar-refractivity contribution in [2.45, 2.75) is 19.9 Å². The molecular weight excluding hydrogens is 253 g/mol. The molecule has 0 saturated heterocycles.